The molecule has 0 saturated carbocycles. The highest BCUT2D eigenvalue weighted by Gasteiger charge is 2.08. The molecule has 0 bridgehead atoms. The van der Waals surface area contributed by atoms with E-state index in [1.807, 2.05) is 12.1 Å². The van der Waals surface area contributed by atoms with Gasteiger partial charge >= 0.3 is 0 Å². The zero-order chi connectivity index (χ0) is 14.1. The van der Waals surface area contributed by atoms with Crippen LogP contribution in [-0.2, 0) is 4.79 Å². The van der Waals surface area contributed by atoms with Gasteiger partial charge in [0, 0.05) is 12.6 Å². The molecule has 0 fully saturated rings. The SMILES string of the molecule is COc1cc(C#N)ccc1OCC(=O)NCCC#N. The Bertz CT molecular complexity index is 529. The Balaban J connectivity index is 2.56. The summed E-state index contributed by atoms with van der Waals surface area (Å²) in [6.45, 7) is 0.122. The third-order valence-corrected chi connectivity index (χ3v) is 2.21. The first-order chi connectivity index (χ1) is 9.21. The zero-order valence-corrected chi connectivity index (χ0v) is 10.5. The van der Waals surface area contributed by atoms with Crippen LogP contribution in [0.3, 0.4) is 0 Å². The fraction of sp³-hybridized carbons (Fsp3) is 0.308. The molecule has 0 aliphatic carbocycles. The van der Waals surface area contributed by atoms with E-state index < -0.39 is 0 Å². The van der Waals surface area contributed by atoms with Crippen molar-refractivity contribution < 1.29 is 14.3 Å². The number of nitriles is 2. The van der Waals surface area contributed by atoms with Crippen molar-refractivity contribution in [2.75, 3.05) is 20.3 Å². The third kappa shape index (κ3) is 4.57. The molecule has 1 aromatic carbocycles. The normalized spacial score (nSPS) is 9.00. The molecule has 0 aliphatic heterocycles. The van der Waals surface area contributed by atoms with E-state index in [-0.39, 0.29) is 18.9 Å². The van der Waals surface area contributed by atoms with Crippen LogP contribution in [0.2, 0.25) is 0 Å². The Kier molecular flexibility index (Phi) is 5.71. The number of benzene rings is 1. The molecule has 1 N–H and O–H groups in total. The van der Waals surface area contributed by atoms with Gasteiger partial charge in [0.2, 0.25) is 0 Å². The lowest BCUT2D eigenvalue weighted by Crippen LogP contribution is -2.29. The Hall–Kier alpha value is -2.73. The minimum Gasteiger partial charge on any atom is -0.493 e. The quantitative estimate of drug-likeness (QED) is 0.768. The summed E-state index contributed by atoms with van der Waals surface area (Å²) in [5.41, 5.74) is 0.447. The Morgan fingerprint density at radius 1 is 1.37 bits per heavy atom. The summed E-state index contributed by atoms with van der Waals surface area (Å²) >= 11 is 0. The minimum absolute atomic E-state index is 0.173. The predicted molar refractivity (Wildman–Crippen MR) is 66.4 cm³/mol. The molecule has 98 valence electrons. The molecule has 6 heteroatoms. The number of nitrogens with zero attached hydrogens (tertiary/aromatic N) is 2. The fourth-order valence-corrected chi connectivity index (χ4v) is 1.31. The van der Waals surface area contributed by atoms with Crippen LogP contribution in [0.5, 0.6) is 11.5 Å². The van der Waals surface area contributed by atoms with Crippen LogP contribution in [-0.4, -0.2) is 26.2 Å². The summed E-state index contributed by atoms with van der Waals surface area (Å²) in [6.07, 6.45) is 0.256. The van der Waals surface area contributed by atoms with Crippen LogP contribution >= 0.6 is 0 Å². The van der Waals surface area contributed by atoms with E-state index in [2.05, 4.69) is 5.32 Å². The second-order valence-corrected chi connectivity index (χ2v) is 3.52. The zero-order valence-electron chi connectivity index (χ0n) is 10.5. The number of hydrogen-bond donors (Lipinski definition) is 1. The standard InChI is InChI=1S/C13H13N3O3/c1-18-12-7-10(8-15)3-4-11(12)19-9-13(17)16-6-2-5-14/h3-4,7H,2,6,9H2,1H3,(H,16,17). The molecule has 0 atom stereocenters. The Labute approximate surface area is 111 Å². The van der Waals surface area contributed by atoms with Crippen molar-refractivity contribution in [1.29, 1.82) is 10.5 Å². The molecule has 1 amide bonds. The van der Waals surface area contributed by atoms with Gasteiger partial charge in [-0.2, -0.15) is 10.5 Å². The average molecular weight is 259 g/mol. The van der Waals surface area contributed by atoms with Gasteiger partial charge in [-0.25, -0.2) is 0 Å². The van der Waals surface area contributed by atoms with E-state index in [1.165, 1.54) is 13.2 Å². The molecule has 0 aliphatic rings. The van der Waals surface area contributed by atoms with Gasteiger partial charge in [-0.15, -0.1) is 0 Å². The highest BCUT2D eigenvalue weighted by Crippen LogP contribution is 2.27. The maximum absolute atomic E-state index is 11.4. The van der Waals surface area contributed by atoms with Crippen molar-refractivity contribution in [3.63, 3.8) is 0 Å². The maximum Gasteiger partial charge on any atom is 0.257 e. The lowest BCUT2D eigenvalue weighted by molar-refractivity contribution is -0.123. The Morgan fingerprint density at radius 3 is 2.79 bits per heavy atom. The smallest absolute Gasteiger partial charge is 0.257 e. The molecular weight excluding hydrogens is 246 g/mol. The van der Waals surface area contributed by atoms with E-state index in [9.17, 15) is 4.79 Å². The van der Waals surface area contributed by atoms with E-state index in [4.69, 9.17) is 20.0 Å². The van der Waals surface area contributed by atoms with Crippen molar-refractivity contribution in [2.24, 2.45) is 0 Å². The predicted octanol–water partition coefficient (Wildman–Crippen LogP) is 0.976. The monoisotopic (exact) mass is 259 g/mol. The molecule has 0 saturated heterocycles. The summed E-state index contributed by atoms with van der Waals surface area (Å²) in [5, 5.41) is 19.6. The van der Waals surface area contributed by atoms with Crippen LogP contribution in [0.1, 0.15) is 12.0 Å². The molecule has 0 spiro atoms. The van der Waals surface area contributed by atoms with Gasteiger partial charge in [0.05, 0.1) is 31.2 Å². The van der Waals surface area contributed by atoms with Gasteiger partial charge in [0.25, 0.3) is 5.91 Å². The highest BCUT2D eigenvalue weighted by molar-refractivity contribution is 5.77. The van der Waals surface area contributed by atoms with Gasteiger partial charge in [-0.1, -0.05) is 0 Å². The molecule has 0 aromatic heterocycles. The molecule has 0 unspecified atom stereocenters. The summed E-state index contributed by atoms with van der Waals surface area (Å²) in [7, 11) is 1.45. The van der Waals surface area contributed by atoms with Crippen molar-refractivity contribution in [1.82, 2.24) is 5.32 Å². The fourth-order valence-electron chi connectivity index (χ4n) is 1.31. The molecule has 19 heavy (non-hydrogen) atoms. The van der Waals surface area contributed by atoms with Crippen molar-refractivity contribution in [2.45, 2.75) is 6.42 Å². The first-order valence-corrected chi connectivity index (χ1v) is 5.56. The van der Waals surface area contributed by atoms with Crippen molar-refractivity contribution >= 4 is 5.91 Å². The minimum atomic E-state index is -0.318. The first-order valence-electron chi connectivity index (χ1n) is 5.56. The number of rotatable bonds is 6. The Morgan fingerprint density at radius 2 is 2.16 bits per heavy atom. The number of amides is 1. The number of methoxy groups -OCH3 is 1. The van der Waals surface area contributed by atoms with E-state index >= 15 is 0 Å². The second kappa shape index (κ2) is 7.57. The van der Waals surface area contributed by atoms with Gasteiger partial charge < -0.3 is 14.8 Å². The van der Waals surface area contributed by atoms with Crippen molar-refractivity contribution in [3.8, 4) is 23.6 Å². The molecule has 6 nitrogen and oxygen atoms in total. The van der Waals surface area contributed by atoms with Gasteiger partial charge in [-0.05, 0) is 12.1 Å². The lowest BCUT2D eigenvalue weighted by atomic mass is 10.2. The number of nitrogens with one attached hydrogen (secondary N) is 1. The molecule has 0 radical (unpaired) electrons. The molecule has 0 heterocycles. The number of ether oxygens (including phenoxy) is 2. The van der Waals surface area contributed by atoms with Crippen LogP contribution in [0, 0.1) is 22.7 Å². The third-order valence-electron chi connectivity index (χ3n) is 2.21. The largest absolute Gasteiger partial charge is 0.493 e. The summed E-state index contributed by atoms with van der Waals surface area (Å²) < 4.78 is 10.4. The van der Waals surface area contributed by atoms with E-state index in [0.29, 0.717) is 23.6 Å². The molecule has 1 rings (SSSR count). The summed E-state index contributed by atoms with van der Waals surface area (Å²) in [5.74, 6) is 0.461. The summed E-state index contributed by atoms with van der Waals surface area (Å²) in [6, 6.07) is 8.58. The van der Waals surface area contributed by atoms with Crippen LogP contribution in [0.4, 0.5) is 0 Å². The van der Waals surface area contributed by atoms with Crippen LogP contribution in [0.15, 0.2) is 18.2 Å². The number of carbonyl (C=O) groups is 1. The van der Waals surface area contributed by atoms with E-state index in [1.54, 1.807) is 12.1 Å². The van der Waals surface area contributed by atoms with Crippen LogP contribution in [0.25, 0.3) is 0 Å². The second-order valence-electron chi connectivity index (χ2n) is 3.52. The van der Waals surface area contributed by atoms with Gasteiger partial charge in [-0.3, -0.25) is 4.79 Å². The van der Waals surface area contributed by atoms with Crippen molar-refractivity contribution in [3.05, 3.63) is 23.8 Å². The van der Waals surface area contributed by atoms with E-state index in [0.717, 1.165) is 0 Å². The number of carbonyl (C=O) groups excluding carboxylic acids is 1. The van der Waals surface area contributed by atoms with Gasteiger partial charge in [0.15, 0.2) is 18.1 Å². The number of hydrogen-bond acceptors (Lipinski definition) is 5. The molecule has 1 aromatic rings. The van der Waals surface area contributed by atoms with Crippen LogP contribution < -0.4 is 14.8 Å². The average Bonchev–Trinajstić information content (AvgIpc) is 2.45. The van der Waals surface area contributed by atoms with Gasteiger partial charge in [0.1, 0.15) is 0 Å². The first kappa shape index (κ1) is 14.3. The topological polar surface area (TPSA) is 95.1 Å². The summed E-state index contributed by atoms with van der Waals surface area (Å²) in [4.78, 5) is 11.4. The molecular formula is C13H13N3O3. The lowest BCUT2D eigenvalue weighted by Gasteiger charge is -2.10. The highest BCUT2D eigenvalue weighted by atomic mass is 16.5. The maximum atomic E-state index is 11.4.